The summed E-state index contributed by atoms with van der Waals surface area (Å²) in [6, 6.07) is 17.1. The van der Waals surface area contributed by atoms with Gasteiger partial charge in [-0.15, -0.1) is 0 Å². The van der Waals surface area contributed by atoms with Crippen molar-refractivity contribution in [3.05, 3.63) is 65.6 Å². The summed E-state index contributed by atoms with van der Waals surface area (Å²) in [6.45, 7) is 5.88. The Morgan fingerprint density at radius 2 is 1.84 bits per heavy atom. The van der Waals surface area contributed by atoms with Crippen molar-refractivity contribution in [3.63, 3.8) is 0 Å². The zero-order valence-electron chi connectivity index (χ0n) is 18.0. The van der Waals surface area contributed by atoms with Crippen LogP contribution in [0.5, 0.6) is 5.75 Å². The molecule has 7 heteroatoms. The summed E-state index contributed by atoms with van der Waals surface area (Å²) in [5.41, 5.74) is 2.45. The zero-order chi connectivity index (χ0) is 22.1. The lowest BCUT2D eigenvalue weighted by atomic mass is 10.2. The van der Waals surface area contributed by atoms with Crippen molar-refractivity contribution in [2.24, 2.45) is 0 Å². The molecule has 6 nitrogen and oxygen atoms in total. The van der Waals surface area contributed by atoms with Gasteiger partial charge in [0.1, 0.15) is 22.4 Å². The number of unbranched alkanes of at least 4 members (excludes halogenated alkanes) is 1. The largest absolute Gasteiger partial charge is 0.491 e. The lowest BCUT2D eigenvalue weighted by Crippen LogP contribution is -2.29. The monoisotopic (exact) mass is 440 g/mol. The number of para-hydroxylation sites is 2. The molecule has 0 fully saturated rings. The normalized spacial score (nSPS) is 10.7. The fourth-order valence-corrected chi connectivity index (χ4v) is 3.58. The number of amides is 2. The highest BCUT2D eigenvalue weighted by molar-refractivity contribution is 6.32. The second-order valence-corrected chi connectivity index (χ2v) is 7.61. The minimum atomic E-state index is -0.223. The van der Waals surface area contributed by atoms with E-state index in [2.05, 4.69) is 22.5 Å². The number of nitrogens with one attached hydrogen (secondary N) is 2. The minimum Gasteiger partial charge on any atom is -0.491 e. The molecule has 0 atom stereocenters. The maximum atomic E-state index is 12.0. The second-order valence-electron chi connectivity index (χ2n) is 7.25. The Balaban J connectivity index is 1.55. The first-order valence-corrected chi connectivity index (χ1v) is 11.0. The van der Waals surface area contributed by atoms with Crippen LogP contribution in [-0.4, -0.2) is 28.7 Å². The standard InChI is InChI=1S/C24H29ClN4O2/c1-3-4-15-26-24(30)28-20-13-8-9-14-21(20)31-17-10-16-29-18(2)27-22(23(29)25)19-11-6-5-7-12-19/h5-9,11-14H,3-4,10,15-17H2,1-2H3,(H2,26,28,30). The summed E-state index contributed by atoms with van der Waals surface area (Å²) in [6.07, 6.45) is 2.74. The molecule has 1 aromatic heterocycles. The Labute approximate surface area is 188 Å². The first-order chi connectivity index (χ1) is 15.1. The number of aryl methyl sites for hydroxylation is 1. The number of benzene rings is 2. The number of ether oxygens (including phenoxy) is 1. The van der Waals surface area contributed by atoms with Crippen LogP contribution >= 0.6 is 11.6 Å². The molecule has 164 valence electrons. The summed E-state index contributed by atoms with van der Waals surface area (Å²) in [7, 11) is 0. The summed E-state index contributed by atoms with van der Waals surface area (Å²) in [5.74, 6) is 1.52. The molecule has 0 saturated carbocycles. The highest BCUT2D eigenvalue weighted by Gasteiger charge is 2.14. The van der Waals surface area contributed by atoms with E-state index in [0.29, 0.717) is 36.3 Å². The van der Waals surface area contributed by atoms with Crippen LogP contribution in [0.15, 0.2) is 54.6 Å². The molecule has 0 unspecified atom stereocenters. The summed E-state index contributed by atoms with van der Waals surface area (Å²) < 4.78 is 7.94. The fraction of sp³-hybridized carbons (Fsp3) is 0.333. The van der Waals surface area contributed by atoms with E-state index in [-0.39, 0.29) is 6.03 Å². The molecule has 0 aliphatic carbocycles. The summed E-state index contributed by atoms with van der Waals surface area (Å²) in [4.78, 5) is 16.7. The van der Waals surface area contributed by atoms with Gasteiger partial charge < -0.3 is 19.9 Å². The van der Waals surface area contributed by atoms with E-state index in [1.807, 2.05) is 66.1 Å². The second kappa shape index (κ2) is 11.4. The molecule has 0 spiro atoms. The molecule has 0 saturated heterocycles. The van der Waals surface area contributed by atoms with Crippen LogP contribution < -0.4 is 15.4 Å². The van der Waals surface area contributed by atoms with Crippen molar-refractivity contribution >= 4 is 23.3 Å². The van der Waals surface area contributed by atoms with E-state index >= 15 is 0 Å². The molecule has 0 radical (unpaired) electrons. The number of carbonyl (C=O) groups is 1. The van der Waals surface area contributed by atoms with Gasteiger partial charge >= 0.3 is 6.03 Å². The molecule has 0 aliphatic rings. The van der Waals surface area contributed by atoms with Crippen molar-refractivity contribution in [2.75, 3.05) is 18.5 Å². The van der Waals surface area contributed by atoms with Gasteiger partial charge in [0.05, 0.1) is 12.3 Å². The maximum Gasteiger partial charge on any atom is 0.319 e. The van der Waals surface area contributed by atoms with Gasteiger partial charge in [-0.05, 0) is 31.9 Å². The molecular weight excluding hydrogens is 412 g/mol. The molecular formula is C24H29ClN4O2. The van der Waals surface area contributed by atoms with Gasteiger partial charge in [-0.2, -0.15) is 0 Å². The Morgan fingerprint density at radius 3 is 2.61 bits per heavy atom. The zero-order valence-corrected chi connectivity index (χ0v) is 18.8. The van der Waals surface area contributed by atoms with E-state index in [4.69, 9.17) is 16.3 Å². The molecule has 0 aliphatic heterocycles. The molecule has 2 N–H and O–H groups in total. The number of aromatic nitrogens is 2. The van der Waals surface area contributed by atoms with Crippen molar-refractivity contribution in [3.8, 4) is 17.0 Å². The first kappa shape index (κ1) is 22.7. The van der Waals surface area contributed by atoms with E-state index in [1.165, 1.54) is 0 Å². The van der Waals surface area contributed by atoms with Crippen molar-refractivity contribution in [1.29, 1.82) is 0 Å². The van der Waals surface area contributed by atoms with Crippen LogP contribution in [0.25, 0.3) is 11.3 Å². The number of imidazole rings is 1. The van der Waals surface area contributed by atoms with Crippen LogP contribution in [0.1, 0.15) is 32.0 Å². The quantitative estimate of drug-likeness (QED) is 0.385. The third-order valence-electron chi connectivity index (χ3n) is 4.88. The molecule has 1 heterocycles. The number of rotatable bonds is 10. The van der Waals surface area contributed by atoms with E-state index in [9.17, 15) is 4.79 Å². The van der Waals surface area contributed by atoms with E-state index in [1.54, 1.807) is 0 Å². The fourth-order valence-electron chi connectivity index (χ4n) is 3.22. The Bertz CT molecular complexity index is 988. The van der Waals surface area contributed by atoms with Gasteiger partial charge in [0.2, 0.25) is 0 Å². The number of halogens is 1. The summed E-state index contributed by atoms with van der Waals surface area (Å²) in [5, 5.41) is 6.34. The van der Waals surface area contributed by atoms with Gasteiger partial charge in [-0.25, -0.2) is 9.78 Å². The van der Waals surface area contributed by atoms with Crippen molar-refractivity contribution < 1.29 is 9.53 Å². The highest BCUT2D eigenvalue weighted by atomic mass is 35.5. The number of anilines is 1. The van der Waals surface area contributed by atoms with Crippen LogP contribution in [0.2, 0.25) is 5.15 Å². The Kier molecular flexibility index (Phi) is 8.35. The average molecular weight is 441 g/mol. The van der Waals surface area contributed by atoms with Crippen LogP contribution in [0, 0.1) is 6.92 Å². The van der Waals surface area contributed by atoms with Crippen molar-refractivity contribution in [1.82, 2.24) is 14.9 Å². The first-order valence-electron chi connectivity index (χ1n) is 10.6. The molecule has 0 bridgehead atoms. The van der Waals surface area contributed by atoms with Gasteiger partial charge in [0.25, 0.3) is 0 Å². The van der Waals surface area contributed by atoms with Crippen molar-refractivity contribution in [2.45, 2.75) is 39.7 Å². The lowest BCUT2D eigenvalue weighted by molar-refractivity contribution is 0.251. The maximum absolute atomic E-state index is 12.0. The smallest absolute Gasteiger partial charge is 0.319 e. The molecule has 2 amide bonds. The van der Waals surface area contributed by atoms with Gasteiger partial charge in [-0.1, -0.05) is 67.4 Å². The molecule has 3 aromatic rings. The van der Waals surface area contributed by atoms with Crippen LogP contribution in [0.4, 0.5) is 10.5 Å². The number of hydrogen-bond donors (Lipinski definition) is 2. The predicted octanol–water partition coefficient (Wildman–Crippen LogP) is 5.90. The number of urea groups is 1. The van der Waals surface area contributed by atoms with Crippen LogP contribution in [0.3, 0.4) is 0 Å². The SMILES string of the molecule is CCCCNC(=O)Nc1ccccc1OCCCn1c(C)nc(-c2ccccc2)c1Cl. The van der Waals surface area contributed by atoms with Gasteiger partial charge in [0, 0.05) is 18.7 Å². The number of carbonyl (C=O) groups excluding carboxylic acids is 1. The van der Waals surface area contributed by atoms with E-state index in [0.717, 1.165) is 36.3 Å². The summed E-state index contributed by atoms with van der Waals surface area (Å²) >= 11 is 6.60. The molecule has 31 heavy (non-hydrogen) atoms. The lowest BCUT2D eigenvalue weighted by Gasteiger charge is -2.13. The molecule has 3 rings (SSSR count). The third kappa shape index (κ3) is 6.25. The third-order valence-corrected chi connectivity index (χ3v) is 5.26. The predicted molar refractivity (Wildman–Crippen MR) is 126 cm³/mol. The molecule has 2 aromatic carbocycles. The average Bonchev–Trinajstić information content (AvgIpc) is 3.06. The Morgan fingerprint density at radius 1 is 1.10 bits per heavy atom. The number of hydrogen-bond acceptors (Lipinski definition) is 3. The topological polar surface area (TPSA) is 68.2 Å². The van der Waals surface area contributed by atoms with E-state index < -0.39 is 0 Å². The van der Waals surface area contributed by atoms with Gasteiger partial charge in [-0.3, -0.25) is 0 Å². The Hall–Kier alpha value is -2.99. The minimum absolute atomic E-state index is 0.223. The van der Waals surface area contributed by atoms with Crippen LogP contribution in [-0.2, 0) is 6.54 Å². The number of nitrogens with zero attached hydrogens (tertiary/aromatic N) is 2. The van der Waals surface area contributed by atoms with Gasteiger partial charge in [0.15, 0.2) is 0 Å². The highest BCUT2D eigenvalue weighted by Crippen LogP contribution is 2.28.